The molecule has 0 bridgehead atoms. The first-order valence-electron chi connectivity index (χ1n) is 3.68. The average Bonchev–Trinajstić information content (AvgIpc) is 2.13. The summed E-state index contributed by atoms with van der Waals surface area (Å²) in [6.45, 7) is 1.90. The van der Waals surface area contributed by atoms with Crippen molar-refractivity contribution in [3.8, 4) is 12.3 Å². The van der Waals surface area contributed by atoms with E-state index in [1.165, 1.54) is 0 Å². The van der Waals surface area contributed by atoms with E-state index in [1.807, 2.05) is 25.0 Å². The molecule has 1 N–H and O–H groups in total. The molecule has 0 aliphatic rings. The Labute approximate surface area is 85.5 Å². The summed E-state index contributed by atoms with van der Waals surface area (Å²) in [7, 11) is 0. The Morgan fingerprint density at radius 3 is 2.92 bits per heavy atom. The topological polar surface area (TPSA) is 29.1 Å². The maximum absolute atomic E-state index is 10.9. The van der Waals surface area contributed by atoms with E-state index >= 15 is 0 Å². The van der Waals surface area contributed by atoms with Gasteiger partial charge in [0.05, 0.1) is 0 Å². The van der Waals surface area contributed by atoms with Crippen LogP contribution < -0.4 is 5.32 Å². The van der Waals surface area contributed by atoms with Crippen molar-refractivity contribution in [3.63, 3.8) is 0 Å². The fourth-order valence-electron chi connectivity index (χ4n) is 0.901. The predicted octanol–water partition coefficient (Wildman–Crippen LogP) is 2.33. The lowest BCUT2D eigenvalue weighted by molar-refractivity contribution is -0.111. The summed E-state index contributed by atoms with van der Waals surface area (Å²) in [6.07, 6.45) is 4.93. The van der Waals surface area contributed by atoms with Crippen LogP contribution in [0.2, 0.25) is 0 Å². The van der Waals surface area contributed by atoms with E-state index in [2.05, 4.69) is 21.2 Å². The normalized spacial score (nSPS) is 9.00. The number of rotatable bonds is 1. The van der Waals surface area contributed by atoms with E-state index in [-0.39, 0.29) is 0 Å². The first-order valence-corrected chi connectivity index (χ1v) is 4.47. The minimum atomic E-state index is -0.429. The molecule has 0 unspecified atom stereocenters. The number of terminal acetylenes is 1. The molecule has 3 heteroatoms. The Kier molecular flexibility index (Phi) is 3.10. The summed E-state index contributed by atoms with van der Waals surface area (Å²) in [6, 6.07) is 5.54. The molecule has 0 fully saturated rings. The molecule has 0 heterocycles. The lowest BCUT2D eigenvalue weighted by Gasteiger charge is -2.06. The third-order valence-corrected chi connectivity index (χ3v) is 2.51. The summed E-state index contributed by atoms with van der Waals surface area (Å²) in [5.41, 5.74) is 1.70. The zero-order chi connectivity index (χ0) is 9.84. The molecule has 66 valence electrons. The molecular weight excluding hydrogens is 230 g/mol. The number of halogens is 1. The second kappa shape index (κ2) is 4.11. The number of carbonyl (C=O) groups is 1. The van der Waals surface area contributed by atoms with Crippen LogP contribution in [-0.4, -0.2) is 5.91 Å². The minimum Gasteiger partial charge on any atom is -0.315 e. The molecule has 2 nitrogen and oxygen atoms in total. The van der Waals surface area contributed by atoms with Crippen molar-refractivity contribution < 1.29 is 4.79 Å². The molecule has 0 radical (unpaired) electrons. The lowest BCUT2D eigenvalue weighted by Crippen LogP contribution is -2.09. The second-order valence-corrected chi connectivity index (χ2v) is 3.37. The molecule has 0 atom stereocenters. The van der Waals surface area contributed by atoms with Crippen molar-refractivity contribution in [2.45, 2.75) is 6.92 Å². The van der Waals surface area contributed by atoms with Gasteiger partial charge in [-0.3, -0.25) is 4.79 Å². The maximum atomic E-state index is 10.9. The smallest absolute Gasteiger partial charge is 0.300 e. The summed E-state index contributed by atoms with van der Waals surface area (Å²) in [5, 5.41) is 2.60. The van der Waals surface area contributed by atoms with Gasteiger partial charge in [-0.25, -0.2) is 0 Å². The van der Waals surface area contributed by atoms with Crippen LogP contribution in [0, 0.1) is 19.3 Å². The summed E-state index contributed by atoms with van der Waals surface area (Å²) >= 11 is 3.35. The van der Waals surface area contributed by atoms with Crippen molar-refractivity contribution in [1.82, 2.24) is 0 Å². The summed E-state index contributed by atoms with van der Waals surface area (Å²) < 4.78 is 0.947. The molecule has 0 aliphatic carbocycles. The van der Waals surface area contributed by atoms with E-state index < -0.39 is 5.91 Å². The highest BCUT2D eigenvalue weighted by molar-refractivity contribution is 9.10. The van der Waals surface area contributed by atoms with Gasteiger partial charge in [0.25, 0.3) is 5.91 Å². The third kappa shape index (κ3) is 2.33. The summed E-state index contributed by atoms with van der Waals surface area (Å²) in [4.78, 5) is 10.9. The van der Waals surface area contributed by atoms with Gasteiger partial charge in [-0.15, -0.1) is 6.42 Å². The molecule has 0 saturated heterocycles. The van der Waals surface area contributed by atoms with E-state index in [1.54, 1.807) is 6.07 Å². The SMILES string of the molecule is C#CC(=O)Nc1cccc(Br)c1C. The molecule has 1 aromatic carbocycles. The maximum Gasteiger partial charge on any atom is 0.300 e. The number of amides is 1. The number of carbonyl (C=O) groups excluding carboxylic acids is 1. The van der Waals surface area contributed by atoms with Crippen LogP contribution in [0.4, 0.5) is 5.69 Å². The van der Waals surface area contributed by atoms with Crippen LogP contribution in [0.1, 0.15) is 5.56 Å². The van der Waals surface area contributed by atoms with Crippen LogP contribution in [0.15, 0.2) is 22.7 Å². The number of hydrogen-bond donors (Lipinski definition) is 1. The van der Waals surface area contributed by atoms with Crippen molar-refractivity contribution in [2.24, 2.45) is 0 Å². The molecular formula is C10H8BrNO. The Morgan fingerprint density at radius 1 is 1.62 bits per heavy atom. The molecule has 0 saturated carbocycles. The zero-order valence-electron chi connectivity index (χ0n) is 7.10. The molecule has 1 aromatic rings. The number of anilines is 1. The van der Waals surface area contributed by atoms with Crippen LogP contribution >= 0.6 is 15.9 Å². The Balaban J connectivity index is 2.97. The highest BCUT2D eigenvalue weighted by Gasteiger charge is 2.03. The van der Waals surface area contributed by atoms with Gasteiger partial charge in [0.1, 0.15) is 0 Å². The Bertz CT molecular complexity index is 379. The van der Waals surface area contributed by atoms with Crippen molar-refractivity contribution in [3.05, 3.63) is 28.2 Å². The molecule has 0 spiro atoms. The first kappa shape index (κ1) is 9.82. The van der Waals surface area contributed by atoms with Gasteiger partial charge < -0.3 is 5.32 Å². The van der Waals surface area contributed by atoms with Crippen LogP contribution in [0.5, 0.6) is 0 Å². The van der Waals surface area contributed by atoms with E-state index in [0.717, 1.165) is 15.7 Å². The molecule has 1 amide bonds. The zero-order valence-corrected chi connectivity index (χ0v) is 8.68. The summed E-state index contributed by atoms with van der Waals surface area (Å²) in [5.74, 6) is 1.57. The highest BCUT2D eigenvalue weighted by atomic mass is 79.9. The van der Waals surface area contributed by atoms with Crippen LogP contribution in [-0.2, 0) is 4.79 Å². The molecule has 0 aliphatic heterocycles. The standard InChI is InChI=1S/C10H8BrNO/c1-3-10(13)12-9-6-4-5-8(11)7(9)2/h1,4-6H,2H3,(H,12,13). The molecule has 1 rings (SSSR count). The minimum absolute atomic E-state index is 0.429. The van der Waals surface area contributed by atoms with Gasteiger partial charge in [-0.1, -0.05) is 22.0 Å². The fraction of sp³-hybridized carbons (Fsp3) is 0.100. The highest BCUT2D eigenvalue weighted by Crippen LogP contribution is 2.23. The average molecular weight is 238 g/mol. The van der Waals surface area contributed by atoms with E-state index in [4.69, 9.17) is 6.42 Å². The van der Waals surface area contributed by atoms with E-state index in [9.17, 15) is 4.79 Å². The number of nitrogens with one attached hydrogen (secondary N) is 1. The van der Waals surface area contributed by atoms with Gasteiger partial charge in [-0.2, -0.15) is 0 Å². The number of benzene rings is 1. The Morgan fingerprint density at radius 2 is 2.31 bits per heavy atom. The number of hydrogen-bond acceptors (Lipinski definition) is 1. The fourth-order valence-corrected chi connectivity index (χ4v) is 1.27. The van der Waals surface area contributed by atoms with Crippen LogP contribution in [0.25, 0.3) is 0 Å². The predicted molar refractivity (Wildman–Crippen MR) is 56.3 cm³/mol. The molecule has 0 aromatic heterocycles. The lowest BCUT2D eigenvalue weighted by atomic mass is 10.2. The third-order valence-electron chi connectivity index (χ3n) is 1.65. The van der Waals surface area contributed by atoms with Gasteiger partial charge >= 0.3 is 0 Å². The Hall–Kier alpha value is -1.27. The van der Waals surface area contributed by atoms with E-state index in [0.29, 0.717) is 0 Å². The largest absolute Gasteiger partial charge is 0.315 e. The quantitative estimate of drug-likeness (QED) is 0.747. The monoisotopic (exact) mass is 237 g/mol. The van der Waals surface area contributed by atoms with Gasteiger partial charge in [0.2, 0.25) is 0 Å². The van der Waals surface area contributed by atoms with Crippen molar-refractivity contribution in [1.29, 1.82) is 0 Å². The first-order chi connectivity index (χ1) is 6.15. The van der Waals surface area contributed by atoms with Gasteiger partial charge in [0.15, 0.2) is 0 Å². The van der Waals surface area contributed by atoms with Crippen LogP contribution in [0.3, 0.4) is 0 Å². The van der Waals surface area contributed by atoms with Gasteiger partial charge in [0, 0.05) is 10.2 Å². The van der Waals surface area contributed by atoms with Crippen molar-refractivity contribution in [2.75, 3.05) is 5.32 Å². The molecule has 13 heavy (non-hydrogen) atoms. The second-order valence-electron chi connectivity index (χ2n) is 2.51. The van der Waals surface area contributed by atoms with Gasteiger partial charge in [-0.05, 0) is 30.5 Å². The van der Waals surface area contributed by atoms with Crippen molar-refractivity contribution >= 4 is 27.5 Å².